The number of H-pyrrole nitrogens is 1. The van der Waals surface area contributed by atoms with E-state index in [2.05, 4.69) is 16.0 Å². The summed E-state index contributed by atoms with van der Waals surface area (Å²) in [5.74, 6) is 1.68. The Labute approximate surface area is 169 Å². The van der Waals surface area contributed by atoms with E-state index in [-0.39, 0.29) is 6.09 Å². The van der Waals surface area contributed by atoms with Crippen LogP contribution in [0.1, 0.15) is 43.3 Å². The van der Waals surface area contributed by atoms with E-state index in [0.29, 0.717) is 13.1 Å². The lowest BCUT2D eigenvalue weighted by atomic mass is 9.98. The molecule has 2 heterocycles. The molecule has 0 radical (unpaired) electrons. The average Bonchev–Trinajstić information content (AvgIpc) is 2.86. The molecule has 2 aromatic rings. The molecule has 0 saturated heterocycles. The van der Waals surface area contributed by atoms with Gasteiger partial charge in [0, 0.05) is 23.9 Å². The van der Waals surface area contributed by atoms with Crippen molar-refractivity contribution in [2.75, 3.05) is 13.1 Å². The first kappa shape index (κ1) is 20.1. The highest BCUT2D eigenvalue weighted by molar-refractivity contribution is 7.98. The van der Waals surface area contributed by atoms with Crippen molar-refractivity contribution in [1.29, 1.82) is 0 Å². The van der Waals surface area contributed by atoms with Crippen LogP contribution in [-0.4, -0.2) is 39.7 Å². The molecule has 27 heavy (non-hydrogen) atoms. The maximum Gasteiger partial charge on any atom is 0.410 e. The highest BCUT2D eigenvalue weighted by Gasteiger charge is 2.25. The average molecular weight is 408 g/mol. The molecule has 5 nitrogen and oxygen atoms in total. The first-order valence-electron chi connectivity index (χ1n) is 9.14. The predicted octanol–water partition coefficient (Wildman–Crippen LogP) is 5.00. The summed E-state index contributed by atoms with van der Waals surface area (Å²) in [6.07, 6.45) is 3.20. The van der Waals surface area contributed by atoms with Crippen LogP contribution < -0.4 is 0 Å². The van der Waals surface area contributed by atoms with Crippen LogP contribution in [0, 0.1) is 6.92 Å². The number of amides is 1. The molecule has 0 saturated carbocycles. The number of hydrogen-bond acceptors (Lipinski definition) is 4. The summed E-state index contributed by atoms with van der Waals surface area (Å²) in [6.45, 7) is 8.92. The van der Waals surface area contributed by atoms with E-state index in [4.69, 9.17) is 16.3 Å². The van der Waals surface area contributed by atoms with E-state index in [1.165, 1.54) is 11.1 Å². The van der Waals surface area contributed by atoms with Crippen LogP contribution in [0.5, 0.6) is 0 Å². The third-order valence-corrected chi connectivity index (χ3v) is 5.76. The Balaban J connectivity index is 1.74. The minimum atomic E-state index is -0.483. The van der Waals surface area contributed by atoms with Gasteiger partial charge in [-0.05, 0) is 63.3 Å². The van der Waals surface area contributed by atoms with Crippen molar-refractivity contribution in [2.45, 2.75) is 56.9 Å². The molecule has 3 rings (SSSR count). The molecule has 1 amide bonds. The summed E-state index contributed by atoms with van der Waals surface area (Å²) in [5, 5.41) is 1.81. The number of carbonyl (C=O) groups is 1. The number of benzene rings is 1. The van der Waals surface area contributed by atoms with Crippen molar-refractivity contribution in [3.63, 3.8) is 0 Å². The first-order chi connectivity index (χ1) is 12.7. The zero-order valence-corrected chi connectivity index (χ0v) is 17.8. The number of halogens is 1. The smallest absolute Gasteiger partial charge is 0.410 e. The molecule has 1 N–H and O–H groups in total. The van der Waals surface area contributed by atoms with Crippen LogP contribution in [0.4, 0.5) is 4.79 Å². The number of aryl methyl sites for hydroxylation is 1. The number of carbonyl (C=O) groups excluding carboxylic acids is 1. The van der Waals surface area contributed by atoms with E-state index in [1.54, 1.807) is 16.7 Å². The Kier molecular flexibility index (Phi) is 6.06. The Bertz CT molecular complexity index is 829. The second-order valence-electron chi connectivity index (χ2n) is 7.75. The van der Waals surface area contributed by atoms with Crippen LogP contribution in [0.3, 0.4) is 0 Å². The van der Waals surface area contributed by atoms with Gasteiger partial charge in [-0.15, -0.1) is 11.8 Å². The van der Waals surface area contributed by atoms with Gasteiger partial charge in [0.2, 0.25) is 0 Å². The number of thioether (sulfide) groups is 1. The molecule has 1 aromatic heterocycles. The van der Waals surface area contributed by atoms with Crippen molar-refractivity contribution in [3.8, 4) is 0 Å². The third kappa shape index (κ3) is 5.20. The predicted molar refractivity (Wildman–Crippen MR) is 110 cm³/mol. The molecule has 0 spiro atoms. The fourth-order valence-electron chi connectivity index (χ4n) is 3.16. The summed E-state index contributed by atoms with van der Waals surface area (Å²) in [6, 6.07) is 4.06. The topological polar surface area (TPSA) is 58.2 Å². The van der Waals surface area contributed by atoms with Gasteiger partial charge < -0.3 is 14.6 Å². The Morgan fingerprint density at radius 1 is 1.33 bits per heavy atom. The molecule has 0 bridgehead atoms. The van der Waals surface area contributed by atoms with Gasteiger partial charge in [-0.2, -0.15) is 0 Å². The molecule has 1 aliphatic rings. The standard InChI is InChI=1S/C20H26ClN3O2S/c1-13-22-11-18(23-13)27-12-16-15-8-10-24(19(25)26-20(2,3)4)9-7-14(15)5-6-17(16)21/h5-6,11H,7-10,12H2,1-4H3,(H,22,23). The molecule has 146 valence electrons. The lowest BCUT2D eigenvalue weighted by Crippen LogP contribution is -2.38. The second-order valence-corrected chi connectivity index (χ2v) is 9.18. The second kappa shape index (κ2) is 8.15. The van der Waals surface area contributed by atoms with Gasteiger partial charge in [-0.25, -0.2) is 9.78 Å². The van der Waals surface area contributed by atoms with E-state index < -0.39 is 5.60 Å². The maximum atomic E-state index is 12.4. The van der Waals surface area contributed by atoms with E-state index in [0.717, 1.165) is 40.0 Å². The molecular weight excluding hydrogens is 382 g/mol. The zero-order chi connectivity index (χ0) is 19.6. The van der Waals surface area contributed by atoms with Crippen molar-refractivity contribution < 1.29 is 9.53 Å². The summed E-state index contributed by atoms with van der Waals surface area (Å²) in [7, 11) is 0. The Hall–Kier alpha value is -1.66. The number of ether oxygens (including phenoxy) is 1. The molecule has 0 unspecified atom stereocenters. The van der Waals surface area contributed by atoms with Crippen LogP contribution in [-0.2, 0) is 23.3 Å². The van der Waals surface area contributed by atoms with Crippen LogP contribution in [0.25, 0.3) is 0 Å². The number of imidazole rings is 1. The van der Waals surface area contributed by atoms with Crippen LogP contribution in [0.15, 0.2) is 23.4 Å². The zero-order valence-electron chi connectivity index (χ0n) is 16.3. The third-order valence-electron chi connectivity index (χ3n) is 4.46. The quantitative estimate of drug-likeness (QED) is 0.727. The van der Waals surface area contributed by atoms with Crippen LogP contribution >= 0.6 is 23.4 Å². The SMILES string of the molecule is Cc1ncc(SCc2c(Cl)ccc3c2CCN(C(=O)OC(C)(C)C)CC3)[nH]1. The van der Waals surface area contributed by atoms with Crippen molar-refractivity contribution >= 4 is 29.5 Å². The van der Waals surface area contributed by atoms with Crippen molar-refractivity contribution in [3.05, 3.63) is 45.9 Å². The van der Waals surface area contributed by atoms with Crippen LogP contribution in [0.2, 0.25) is 5.02 Å². The fraction of sp³-hybridized carbons (Fsp3) is 0.500. The molecule has 0 atom stereocenters. The van der Waals surface area contributed by atoms with E-state index in [9.17, 15) is 4.79 Å². The number of nitrogens with one attached hydrogen (secondary N) is 1. The Morgan fingerprint density at radius 2 is 2.07 bits per heavy atom. The largest absolute Gasteiger partial charge is 0.444 e. The van der Waals surface area contributed by atoms with Gasteiger partial charge in [-0.1, -0.05) is 17.7 Å². The lowest BCUT2D eigenvalue weighted by molar-refractivity contribution is 0.0258. The summed E-state index contributed by atoms with van der Waals surface area (Å²) >= 11 is 8.22. The number of hydrogen-bond donors (Lipinski definition) is 1. The molecule has 0 fully saturated rings. The first-order valence-corrected chi connectivity index (χ1v) is 10.5. The fourth-order valence-corrected chi connectivity index (χ4v) is 4.46. The molecule has 1 aliphatic heterocycles. The molecule has 1 aromatic carbocycles. The molecule has 7 heteroatoms. The Morgan fingerprint density at radius 3 is 2.74 bits per heavy atom. The minimum Gasteiger partial charge on any atom is -0.444 e. The molecular formula is C20H26ClN3O2S. The number of fused-ring (bicyclic) bond motifs is 1. The number of nitrogens with zero attached hydrogens (tertiary/aromatic N) is 2. The molecule has 0 aliphatic carbocycles. The van der Waals surface area contributed by atoms with Crippen molar-refractivity contribution in [2.24, 2.45) is 0 Å². The maximum absolute atomic E-state index is 12.4. The van der Waals surface area contributed by atoms with Gasteiger partial charge in [0.05, 0.1) is 11.2 Å². The van der Waals surface area contributed by atoms with Gasteiger partial charge in [-0.3, -0.25) is 0 Å². The van der Waals surface area contributed by atoms with Gasteiger partial charge >= 0.3 is 6.09 Å². The van der Waals surface area contributed by atoms with Gasteiger partial charge in [0.25, 0.3) is 0 Å². The number of rotatable bonds is 3. The van der Waals surface area contributed by atoms with Gasteiger partial charge in [0.1, 0.15) is 11.4 Å². The highest BCUT2D eigenvalue weighted by Crippen LogP contribution is 2.32. The normalized spacial score (nSPS) is 14.6. The summed E-state index contributed by atoms with van der Waals surface area (Å²) in [5.41, 5.74) is 3.19. The highest BCUT2D eigenvalue weighted by atomic mass is 35.5. The summed E-state index contributed by atoms with van der Waals surface area (Å²) in [4.78, 5) is 21.7. The monoisotopic (exact) mass is 407 g/mol. The summed E-state index contributed by atoms with van der Waals surface area (Å²) < 4.78 is 5.54. The van der Waals surface area contributed by atoms with E-state index in [1.807, 2.05) is 40.0 Å². The van der Waals surface area contributed by atoms with Crippen molar-refractivity contribution in [1.82, 2.24) is 14.9 Å². The van der Waals surface area contributed by atoms with Gasteiger partial charge in [0.15, 0.2) is 0 Å². The lowest BCUT2D eigenvalue weighted by Gasteiger charge is -2.26. The number of aromatic nitrogens is 2. The minimum absolute atomic E-state index is 0.245. The van der Waals surface area contributed by atoms with E-state index >= 15 is 0 Å². The number of aromatic amines is 1.